The van der Waals surface area contributed by atoms with E-state index in [2.05, 4.69) is 41.0 Å². The Kier molecular flexibility index (Phi) is 5.81. The fourth-order valence-corrected chi connectivity index (χ4v) is 3.72. The van der Waals surface area contributed by atoms with Crippen molar-refractivity contribution in [3.8, 4) is 0 Å². The molecule has 1 atom stereocenters. The molecule has 26 heavy (non-hydrogen) atoms. The lowest BCUT2D eigenvalue weighted by Gasteiger charge is -2.39. The summed E-state index contributed by atoms with van der Waals surface area (Å²) in [6.07, 6.45) is 7.10. The van der Waals surface area contributed by atoms with E-state index in [1.54, 1.807) is 18.6 Å². The third-order valence-corrected chi connectivity index (χ3v) is 5.24. The van der Waals surface area contributed by atoms with Gasteiger partial charge in [0.15, 0.2) is 5.82 Å². The molecule has 2 aromatic heterocycles. The normalized spacial score (nSPS) is 16.5. The van der Waals surface area contributed by atoms with Crippen molar-refractivity contribution in [3.63, 3.8) is 0 Å². The Morgan fingerprint density at radius 2 is 1.85 bits per heavy atom. The summed E-state index contributed by atoms with van der Waals surface area (Å²) in [6.45, 7) is 5.78. The van der Waals surface area contributed by atoms with Gasteiger partial charge in [0.05, 0.1) is 5.92 Å². The van der Waals surface area contributed by atoms with Crippen LogP contribution in [0.5, 0.6) is 0 Å². The van der Waals surface area contributed by atoms with Gasteiger partial charge in [-0.2, -0.15) is 5.10 Å². The first-order valence-corrected chi connectivity index (χ1v) is 9.27. The number of aromatic nitrogens is 3. The van der Waals surface area contributed by atoms with Gasteiger partial charge in [0.1, 0.15) is 0 Å². The van der Waals surface area contributed by atoms with Crippen LogP contribution in [-0.2, 0) is 4.79 Å². The van der Waals surface area contributed by atoms with E-state index < -0.39 is 0 Å². The quantitative estimate of drug-likeness (QED) is 0.827. The third-order valence-electron chi connectivity index (χ3n) is 5.24. The van der Waals surface area contributed by atoms with E-state index in [4.69, 9.17) is 0 Å². The van der Waals surface area contributed by atoms with E-state index in [1.165, 1.54) is 0 Å². The highest BCUT2D eigenvalue weighted by Crippen LogP contribution is 2.28. The smallest absolute Gasteiger partial charge is 0.230 e. The number of likely N-dealkylation sites (tertiary alicyclic amines) is 1. The maximum absolute atomic E-state index is 13.2. The Hall–Kier alpha value is -2.50. The minimum atomic E-state index is -0.104. The Balaban J connectivity index is 1.64. The number of carbonyl (C=O) groups excluding carboxylic acids is 1. The van der Waals surface area contributed by atoms with E-state index in [0.717, 1.165) is 37.3 Å². The van der Waals surface area contributed by atoms with Crippen molar-refractivity contribution < 1.29 is 4.79 Å². The zero-order valence-corrected chi connectivity index (χ0v) is 15.7. The van der Waals surface area contributed by atoms with Crippen LogP contribution in [0.1, 0.15) is 38.2 Å². The molecule has 1 amide bonds. The Morgan fingerprint density at radius 3 is 2.42 bits per heavy atom. The van der Waals surface area contributed by atoms with Crippen molar-refractivity contribution in [3.05, 3.63) is 48.4 Å². The molecule has 1 saturated heterocycles. The highest BCUT2D eigenvalue weighted by Gasteiger charge is 2.32. The minimum absolute atomic E-state index is 0.104. The van der Waals surface area contributed by atoms with Crippen LogP contribution in [0.3, 0.4) is 0 Å². The molecule has 0 aliphatic carbocycles. The van der Waals surface area contributed by atoms with E-state index in [-0.39, 0.29) is 17.7 Å². The highest BCUT2D eigenvalue weighted by atomic mass is 16.2. The van der Waals surface area contributed by atoms with Gasteiger partial charge in [0, 0.05) is 44.8 Å². The lowest BCUT2D eigenvalue weighted by molar-refractivity contribution is -0.134. The van der Waals surface area contributed by atoms with Gasteiger partial charge >= 0.3 is 0 Å². The van der Waals surface area contributed by atoms with Gasteiger partial charge in [-0.1, -0.05) is 13.8 Å². The SMILES string of the molecule is CC(C)C(C(=O)N1CCC(N(C)c2cccnn2)CC1)c1ccncc1. The molecule has 6 heteroatoms. The Morgan fingerprint density at radius 1 is 1.15 bits per heavy atom. The third kappa shape index (κ3) is 4.00. The maximum atomic E-state index is 13.2. The highest BCUT2D eigenvalue weighted by molar-refractivity contribution is 5.84. The number of carbonyl (C=O) groups is 1. The molecule has 0 radical (unpaired) electrons. The van der Waals surface area contributed by atoms with Crippen LogP contribution < -0.4 is 4.90 Å². The van der Waals surface area contributed by atoms with Crippen LogP contribution in [0.15, 0.2) is 42.9 Å². The first kappa shape index (κ1) is 18.3. The molecule has 1 aliphatic heterocycles. The molecule has 0 saturated carbocycles. The predicted molar refractivity (Wildman–Crippen MR) is 102 cm³/mol. The van der Waals surface area contributed by atoms with Gasteiger partial charge < -0.3 is 9.80 Å². The van der Waals surface area contributed by atoms with E-state index in [1.807, 2.05) is 29.2 Å². The monoisotopic (exact) mass is 353 g/mol. The molecular formula is C20H27N5O. The zero-order chi connectivity index (χ0) is 18.5. The summed E-state index contributed by atoms with van der Waals surface area (Å²) in [6, 6.07) is 8.17. The molecule has 2 aromatic rings. The summed E-state index contributed by atoms with van der Waals surface area (Å²) in [7, 11) is 2.06. The summed E-state index contributed by atoms with van der Waals surface area (Å²) >= 11 is 0. The predicted octanol–water partition coefficient (Wildman–Crippen LogP) is 2.74. The topological polar surface area (TPSA) is 62.2 Å². The summed E-state index contributed by atoms with van der Waals surface area (Å²) < 4.78 is 0. The van der Waals surface area contributed by atoms with Crippen molar-refractivity contribution in [2.24, 2.45) is 5.92 Å². The minimum Gasteiger partial charge on any atom is -0.355 e. The first-order valence-electron chi connectivity index (χ1n) is 9.27. The van der Waals surface area contributed by atoms with Crippen LogP contribution in [0.25, 0.3) is 0 Å². The lowest BCUT2D eigenvalue weighted by atomic mass is 9.87. The molecule has 3 rings (SSSR count). The first-order chi connectivity index (χ1) is 12.6. The molecule has 0 N–H and O–H groups in total. The molecule has 138 valence electrons. The summed E-state index contributed by atoms with van der Waals surface area (Å²) in [5, 5.41) is 8.15. The molecule has 1 aliphatic rings. The van der Waals surface area contributed by atoms with Gasteiger partial charge in [-0.3, -0.25) is 9.78 Å². The molecule has 1 fully saturated rings. The van der Waals surface area contributed by atoms with Crippen LogP contribution in [0, 0.1) is 5.92 Å². The van der Waals surface area contributed by atoms with E-state index >= 15 is 0 Å². The van der Waals surface area contributed by atoms with Gasteiger partial charge in [0.25, 0.3) is 0 Å². The second-order valence-corrected chi connectivity index (χ2v) is 7.25. The van der Waals surface area contributed by atoms with Crippen molar-refractivity contribution in [2.75, 3.05) is 25.0 Å². The molecule has 1 unspecified atom stereocenters. The second-order valence-electron chi connectivity index (χ2n) is 7.25. The van der Waals surface area contributed by atoms with Crippen molar-refractivity contribution in [1.82, 2.24) is 20.1 Å². The largest absolute Gasteiger partial charge is 0.355 e. The van der Waals surface area contributed by atoms with Crippen LogP contribution in [0.2, 0.25) is 0 Å². The number of piperidine rings is 1. The summed E-state index contributed by atoms with van der Waals surface area (Å²) in [5.74, 6) is 1.26. The Labute approximate surface area is 155 Å². The molecule has 0 spiro atoms. The fraction of sp³-hybridized carbons (Fsp3) is 0.500. The van der Waals surface area contributed by atoms with E-state index in [9.17, 15) is 4.79 Å². The number of anilines is 1. The number of pyridine rings is 1. The lowest BCUT2D eigenvalue weighted by Crippen LogP contribution is -2.47. The summed E-state index contributed by atoms with van der Waals surface area (Å²) in [5.41, 5.74) is 1.05. The number of nitrogens with zero attached hydrogens (tertiary/aromatic N) is 5. The molecule has 6 nitrogen and oxygen atoms in total. The average Bonchev–Trinajstić information content (AvgIpc) is 2.69. The molecule has 0 bridgehead atoms. The Bertz CT molecular complexity index is 699. The number of hydrogen-bond acceptors (Lipinski definition) is 5. The second kappa shape index (κ2) is 8.25. The number of hydrogen-bond donors (Lipinski definition) is 0. The summed E-state index contributed by atoms with van der Waals surface area (Å²) in [4.78, 5) is 21.4. The molecular weight excluding hydrogens is 326 g/mol. The van der Waals surface area contributed by atoms with Gasteiger partial charge in [-0.05, 0) is 48.6 Å². The molecule has 0 aromatic carbocycles. The van der Waals surface area contributed by atoms with Crippen LogP contribution in [-0.4, -0.2) is 52.2 Å². The standard InChI is InChI=1S/C20H27N5O/c1-15(2)19(16-6-11-21-12-7-16)20(26)25-13-8-17(9-14-25)24(3)18-5-4-10-22-23-18/h4-7,10-12,15,17,19H,8-9,13-14H2,1-3H3. The van der Waals surface area contributed by atoms with Gasteiger partial charge in [0.2, 0.25) is 5.91 Å². The van der Waals surface area contributed by atoms with Crippen molar-refractivity contribution in [1.29, 1.82) is 0 Å². The molecule has 3 heterocycles. The number of rotatable bonds is 5. The number of amides is 1. The van der Waals surface area contributed by atoms with Crippen LogP contribution in [0.4, 0.5) is 5.82 Å². The maximum Gasteiger partial charge on any atom is 0.230 e. The van der Waals surface area contributed by atoms with Crippen LogP contribution >= 0.6 is 0 Å². The van der Waals surface area contributed by atoms with Gasteiger partial charge in [-0.15, -0.1) is 5.10 Å². The van der Waals surface area contributed by atoms with Crippen molar-refractivity contribution >= 4 is 11.7 Å². The average molecular weight is 353 g/mol. The fourth-order valence-electron chi connectivity index (χ4n) is 3.72. The van der Waals surface area contributed by atoms with E-state index in [0.29, 0.717) is 6.04 Å². The zero-order valence-electron chi connectivity index (χ0n) is 15.7. The van der Waals surface area contributed by atoms with Crippen molar-refractivity contribution in [2.45, 2.75) is 38.6 Å². The van der Waals surface area contributed by atoms with Gasteiger partial charge in [-0.25, -0.2) is 0 Å².